The lowest BCUT2D eigenvalue weighted by Gasteiger charge is -2.12. The molecule has 0 fully saturated rings. The number of hydrogen-bond acceptors (Lipinski definition) is 5. The van der Waals surface area contributed by atoms with Gasteiger partial charge in [0, 0.05) is 22.2 Å². The maximum atomic E-state index is 12.3. The van der Waals surface area contributed by atoms with Crippen LogP contribution in [0.4, 0.5) is 5.69 Å². The maximum Gasteiger partial charge on any atom is 0.270 e. The van der Waals surface area contributed by atoms with Crippen LogP contribution in [0.25, 0.3) is 0 Å². The number of carbonyl (C=O) groups excluding carboxylic acids is 3. The van der Waals surface area contributed by atoms with Crippen LogP contribution in [-0.4, -0.2) is 34.0 Å². The molecule has 0 radical (unpaired) electrons. The standard InChI is InChI=1S/C16H9BrN2O5/c17-10-3-1-2-9(6-10)14(20)8-18-15(21)12-5-4-11(19(23)24)7-13(12)16(18)22/h1-7H,8H2. The molecule has 3 rings (SSSR count). The third kappa shape index (κ3) is 2.71. The summed E-state index contributed by atoms with van der Waals surface area (Å²) in [7, 11) is 0. The average Bonchev–Trinajstić information content (AvgIpc) is 2.79. The summed E-state index contributed by atoms with van der Waals surface area (Å²) in [5, 5.41) is 10.8. The highest BCUT2D eigenvalue weighted by molar-refractivity contribution is 9.10. The first kappa shape index (κ1) is 16.0. The SMILES string of the molecule is O=C(CN1C(=O)c2ccc([N+](=O)[O-])cc2C1=O)c1cccc(Br)c1. The van der Waals surface area contributed by atoms with E-state index in [1.54, 1.807) is 24.3 Å². The minimum atomic E-state index is -0.706. The van der Waals surface area contributed by atoms with Gasteiger partial charge in [-0.25, -0.2) is 0 Å². The Morgan fingerprint density at radius 2 is 1.79 bits per heavy atom. The molecule has 7 nitrogen and oxygen atoms in total. The smallest absolute Gasteiger partial charge is 0.270 e. The van der Waals surface area contributed by atoms with Crippen LogP contribution in [0.3, 0.4) is 0 Å². The molecule has 0 N–H and O–H groups in total. The molecule has 0 bridgehead atoms. The van der Waals surface area contributed by atoms with Crippen molar-refractivity contribution in [2.75, 3.05) is 6.54 Å². The number of non-ortho nitro benzene ring substituents is 1. The average molecular weight is 389 g/mol. The van der Waals surface area contributed by atoms with Crippen molar-refractivity contribution < 1.29 is 19.3 Å². The molecule has 1 heterocycles. The predicted octanol–water partition coefficient (Wildman–Crippen LogP) is 2.84. The van der Waals surface area contributed by atoms with Crippen LogP contribution >= 0.6 is 15.9 Å². The number of imide groups is 1. The number of ketones is 1. The molecule has 1 aliphatic heterocycles. The van der Waals surface area contributed by atoms with Crippen molar-refractivity contribution in [1.29, 1.82) is 0 Å². The molecule has 2 aromatic rings. The van der Waals surface area contributed by atoms with Crippen LogP contribution in [0.2, 0.25) is 0 Å². The Hall–Kier alpha value is -2.87. The number of nitrogens with zero attached hydrogens (tertiary/aromatic N) is 2. The lowest BCUT2D eigenvalue weighted by Crippen LogP contribution is -2.34. The van der Waals surface area contributed by atoms with Gasteiger partial charge in [0.15, 0.2) is 5.78 Å². The van der Waals surface area contributed by atoms with Gasteiger partial charge < -0.3 is 0 Å². The van der Waals surface area contributed by atoms with E-state index < -0.39 is 29.1 Å². The van der Waals surface area contributed by atoms with Gasteiger partial charge in [0.05, 0.1) is 22.6 Å². The minimum Gasteiger partial charge on any atom is -0.292 e. The molecule has 0 saturated heterocycles. The van der Waals surface area contributed by atoms with Gasteiger partial charge >= 0.3 is 0 Å². The van der Waals surface area contributed by atoms with Crippen molar-refractivity contribution >= 4 is 39.2 Å². The molecule has 0 aromatic heterocycles. The molecular formula is C16H9BrN2O5. The number of nitro benzene ring substituents is 1. The molecule has 0 saturated carbocycles. The number of Topliss-reactive ketones (excluding diaryl/α,β-unsaturated/α-hetero) is 1. The second-order valence-electron chi connectivity index (χ2n) is 5.12. The van der Waals surface area contributed by atoms with Crippen molar-refractivity contribution in [2.24, 2.45) is 0 Å². The van der Waals surface area contributed by atoms with Gasteiger partial charge in [-0.1, -0.05) is 28.1 Å². The van der Waals surface area contributed by atoms with Crippen molar-refractivity contribution in [3.05, 3.63) is 73.7 Å². The molecule has 120 valence electrons. The first-order valence-corrected chi connectivity index (χ1v) is 7.61. The molecule has 0 spiro atoms. The highest BCUT2D eigenvalue weighted by Crippen LogP contribution is 2.27. The van der Waals surface area contributed by atoms with Gasteiger partial charge in [0.2, 0.25) is 0 Å². The Labute approximate surface area is 144 Å². The molecule has 1 aliphatic rings. The number of nitro groups is 1. The first-order valence-electron chi connectivity index (χ1n) is 6.82. The van der Waals surface area contributed by atoms with Crippen molar-refractivity contribution in [1.82, 2.24) is 4.90 Å². The summed E-state index contributed by atoms with van der Waals surface area (Å²) < 4.78 is 0.700. The molecule has 24 heavy (non-hydrogen) atoms. The number of rotatable bonds is 4. The molecule has 8 heteroatoms. The lowest BCUT2D eigenvalue weighted by molar-refractivity contribution is -0.384. The number of fused-ring (bicyclic) bond motifs is 1. The topological polar surface area (TPSA) is 97.6 Å². The number of amides is 2. The summed E-state index contributed by atoms with van der Waals surface area (Å²) in [6.45, 7) is -0.420. The van der Waals surface area contributed by atoms with Crippen molar-refractivity contribution in [3.8, 4) is 0 Å². The van der Waals surface area contributed by atoms with Crippen LogP contribution in [-0.2, 0) is 0 Å². The van der Waals surface area contributed by atoms with E-state index in [2.05, 4.69) is 15.9 Å². The van der Waals surface area contributed by atoms with Crippen LogP contribution in [0.5, 0.6) is 0 Å². The minimum absolute atomic E-state index is 0.0590. The second-order valence-corrected chi connectivity index (χ2v) is 6.03. The second kappa shape index (κ2) is 5.97. The van der Waals surface area contributed by atoms with Gasteiger partial charge in [-0.3, -0.25) is 29.4 Å². The number of halogens is 1. The third-order valence-electron chi connectivity index (χ3n) is 3.61. The Balaban J connectivity index is 1.88. The zero-order valence-corrected chi connectivity index (χ0v) is 13.6. The van der Waals surface area contributed by atoms with Crippen LogP contribution in [0.1, 0.15) is 31.1 Å². The van der Waals surface area contributed by atoms with Gasteiger partial charge in [-0.05, 0) is 18.2 Å². The molecule has 0 aliphatic carbocycles. The number of carbonyl (C=O) groups is 3. The lowest BCUT2D eigenvalue weighted by atomic mass is 10.1. The largest absolute Gasteiger partial charge is 0.292 e. The summed E-state index contributed by atoms with van der Waals surface area (Å²) in [5.74, 6) is -1.74. The third-order valence-corrected chi connectivity index (χ3v) is 4.11. The predicted molar refractivity (Wildman–Crippen MR) is 86.9 cm³/mol. The summed E-state index contributed by atoms with van der Waals surface area (Å²) in [5.41, 5.74) is 0.0749. The zero-order valence-electron chi connectivity index (χ0n) is 12.1. The van der Waals surface area contributed by atoms with Gasteiger partial charge in [0.25, 0.3) is 17.5 Å². The van der Waals surface area contributed by atoms with Crippen LogP contribution in [0, 0.1) is 10.1 Å². The summed E-state index contributed by atoms with van der Waals surface area (Å²) in [6, 6.07) is 10.0. The van der Waals surface area contributed by atoms with E-state index in [0.717, 1.165) is 17.0 Å². The molecule has 2 aromatic carbocycles. The van der Waals surface area contributed by atoms with Crippen molar-refractivity contribution in [3.63, 3.8) is 0 Å². The summed E-state index contributed by atoms with van der Waals surface area (Å²) >= 11 is 3.25. The monoisotopic (exact) mass is 388 g/mol. The van der Waals surface area contributed by atoms with Gasteiger partial charge in [0.1, 0.15) is 0 Å². The fraction of sp³-hybridized carbons (Fsp3) is 0.0625. The van der Waals surface area contributed by atoms with E-state index in [-0.39, 0.29) is 16.8 Å². The Morgan fingerprint density at radius 3 is 2.46 bits per heavy atom. The number of hydrogen-bond donors (Lipinski definition) is 0. The highest BCUT2D eigenvalue weighted by atomic mass is 79.9. The van der Waals surface area contributed by atoms with E-state index >= 15 is 0 Å². The quantitative estimate of drug-likeness (QED) is 0.347. The van der Waals surface area contributed by atoms with E-state index in [4.69, 9.17) is 0 Å². The van der Waals surface area contributed by atoms with Crippen LogP contribution in [0.15, 0.2) is 46.9 Å². The van der Waals surface area contributed by atoms with Crippen molar-refractivity contribution in [2.45, 2.75) is 0 Å². The van der Waals surface area contributed by atoms with E-state index in [1.807, 2.05) is 0 Å². The van der Waals surface area contributed by atoms with E-state index in [9.17, 15) is 24.5 Å². The number of benzene rings is 2. The van der Waals surface area contributed by atoms with Gasteiger partial charge in [-0.2, -0.15) is 0 Å². The fourth-order valence-electron chi connectivity index (χ4n) is 2.43. The summed E-state index contributed by atoms with van der Waals surface area (Å²) in [6.07, 6.45) is 0. The Bertz CT molecular complexity index is 909. The zero-order chi connectivity index (χ0) is 17.4. The Morgan fingerprint density at radius 1 is 1.08 bits per heavy atom. The van der Waals surface area contributed by atoms with Crippen LogP contribution < -0.4 is 0 Å². The highest BCUT2D eigenvalue weighted by Gasteiger charge is 2.37. The maximum absolute atomic E-state index is 12.3. The van der Waals surface area contributed by atoms with E-state index in [0.29, 0.717) is 10.0 Å². The van der Waals surface area contributed by atoms with Gasteiger partial charge in [-0.15, -0.1) is 0 Å². The molecule has 0 atom stereocenters. The molecular weight excluding hydrogens is 380 g/mol. The molecule has 0 unspecified atom stereocenters. The Kier molecular flexibility index (Phi) is 3.98. The fourth-order valence-corrected chi connectivity index (χ4v) is 2.83. The molecule has 2 amide bonds. The van der Waals surface area contributed by atoms with E-state index in [1.165, 1.54) is 6.07 Å². The summed E-state index contributed by atoms with van der Waals surface area (Å²) in [4.78, 5) is 47.9. The first-order chi connectivity index (χ1) is 11.4. The normalized spacial score (nSPS) is 13.1.